The number of halogens is 2. The Morgan fingerprint density at radius 3 is 2.08 bits per heavy atom. The van der Waals surface area contributed by atoms with Crippen LogP contribution < -0.4 is 0 Å². The highest BCUT2D eigenvalue weighted by molar-refractivity contribution is 15.0. The van der Waals surface area contributed by atoms with Crippen molar-refractivity contribution in [3.05, 3.63) is 34.6 Å². The Labute approximate surface area is 174 Å². The van der Waals surface area contributed by atoms with Gasteiger partial charge in [-0.3, -0.25) is 14.6 Å². The summed E-state index contributed by atoms with van der Waals surface area (Å²) in [4.78, 5) is 11.6. The lowest BCUT2D eigenvalue weighted by molar-refractivity contribution is -0.00949. The van der Waals surface area contributed by atoms with E-state index in [1.165, 1.54) is 12.8 Å². The molecule has 4 aliphatic rings. The maximum absolute atomic E-state index is 9.80. The molecule has 0 aliphatic carbocycles. The molecule has 3 saturated heterocycles. The number of fused-ring (bicyclic) bond motifs is 4. The van der Waals surface area contributed by atoms with Crippen molar-refractivity contribution in [3.63, 3.8) is 0 Å². The Hall–Kier alpha value is 0.0600. The Morgan fingerprint density at radius 1 is 1.04 bits per heavy atom. The van der Waals surface area contributed by atoms with E-state index in [0.717, 1.165) is 25.0 Å². The third-order valence-electron chi connectivity index (χ3n) is 6.19. The van der Waals surface area contributed by atoms with Gasteiger partial charge in [-0.2, -0.15) is 0 Å². The lowest BCUT2D eigenvalue weighted by Crippen LogP contribution is -2.47. The minimum absolute atomic E-state index is 0.447. The molecule has 138 valence electrons. The van der Waals surface area contributed by atoms with Gasteiger partial charge in [-0.25, -0.2) is 11.4 Å². The number of nitrogens with zero attached hydrogens (tertiary/aromatic N) is 4. The second-order valence-electron chi connectivity index (χ2n) is 7.49. The minimum Gasteiger partial charge on any atom is -0.324 e. The van der Waals surface area contributed by atoms with Crippen LogP contribution in [0.1, 0.15) is 44.9 Å². The van der Waals surface area contributed by atoms with Crippen molar-refractivity contribution in [1.82, 2.24) is 9.80 Å². The fraction of sp³-hybridized carbons (Fsp3) is 0.778. The molecule has 0 aromatic carbocycles. The van der Waals surface area contributed by atoms with Gasteiger partial charge in [-0.05, 0) is 46.2 Å². The molecule has 4 atom stereocenters. The van der Waals surface area contributed by atoms with Crippen LogP contribution in [0.5, 0.6) is 0 Å². The number of likely N-dealkylation sites (N-methyl/N-ethyl adjacent to an activating group) is 1. The van der Waals surface area contributed by atoms with Crippen molar-refractivity contribution in [3.8, 4) is 0 Å². The van der Waals surface area contributed by atoms with Gasteiger partial charge in [0.05, 0.1) is 19.4 Å². The summed E-state index contributed by atoms with van der Waals surface area (Å²) in [6.45, 7) is 13.8. The Bertz CT molecular complexity index is 569. The quantitative estimate of drug-likeness (QED) is 0.351. The van der Waals surface area contributed by atoms with Crippen LogP contribution in [0, 0.1) is 13.1 Å². The number of rotatable bonds is 0. The molecule has 25 heavy (non-hydrogen) atoms. The molecule has 3 fully saturated rings. The summed E-state index contributed by atoms with van der Waals surface area (Å²) < 4.78 is 0. The number of aliphatic hydroxyl groups is 1. The fourth-order valence-corrected chi connectivity index (χ4v) is 4.61. The molecule has 0 aromatic heterocycles. The van der Waals surface area contributed by atoms with Gasteiger partial charge in [0.2, 0.25) is 0 Å². The summed E-state index contributed by atoms with van der Waals surface area (Å²) in [7, 11) is 4.27. The van der Waals surface area contributed by atoms with E-state index < -0.39 is 5.72 Å². The standard InChI is InChI=1S/C9H14N2O.C9H12N2.I2/c1-10-9(12)5-7-3-4-8(6-9)11(7)2;1-10-7-5-8-3-4-9(6-7)11(8)2;1-2/h7-8,12H,3-6H2,2H3;5,8-9H,3-4,6H2,2H3;. The van der Waals surface area contributed by atoms with Gasteiger partial charge in [0, 0.05) is 61.4 Å². The van der Waals surface area contributed by atoms with Crippen molar-refractivity contribution in [1.29, 1.82) is 0 Å². The van der Waals surface area contributed by atoms with Crippen LogP contribution in [-0.4, -0.2) is 58.9 Å². The normalized spacial score (nSPS) is 39.1. The number of hydrogen-bond acceptors (Lipinski definition) is 3. The van der Waals surface area contributed by atoms with Crippen LogP contribution >= 0.6 is 37.2 Å². The summed E-state index contributed by atoms with van der Waals surface area (Å²) in [5.41, 5.74) is -0.0613. The molecule has 4 bridgehead atoms. The first kappa shape index (κ1) is 21.4. The molecule has 0 saturated carbocycles. The highest BCUT2D eigenvalue weighted by Gasteiger charge is 2.50. The average molecular weight is 568 g/mol. The lowest BCUT2D eigenvalue weighted by atomic mass is 9.95. The topological polar surface area (TPSA) is 35.4 Å². The molecular weight excluding hydrogens is 542 g/mol. The summed E-state index contributed by atoms with van der Waals surface area (Å²) >= 11 is 4.24. The highest BCUT2D eigenvalue weighted by Crippen LogP contribution is 2.40. The molecule has 0 aromatic rings. The molecule has 4 unspecified atom stereocenters. The maximum Gasteiger partial charge on any atom is 0.337 e. The molecule has 4 rings (SSSR count). The SMILES string of the molecule is II.[C-]#[N+]C1(O)CC2CCC(C1)N2C.[C-]#[N+]C1=CC2CCC(C1)N2C. The molecular formula is C18H26I2N4O. The van der Waals surface area contributed by atoms with E-state index in [-0.39, 0.29) is 0 Å². The van der Waals surface area contributed by atoms with Crippen molar-refractivity contribution in [2.75, 3.05) is 14.1 Å². The first-order valence-electron chi connectivity index (χ1n) is 8.73. The van der Waals surface area contributed by atoms with E-state index in [9.17, 15) is 5.11 Å². The second kappa shape index (κ2) is 9.32. The summed E-state index contributed by atoms with van der Waals surface area (Å²) in [6.07, 6.45) is 9.23. The van der Waals surface area contributed by atoms with E-state index >= 15 is 0 Å². The minimum atomic E-state index is -1.04. The van der Waals surface area contributed by atoms with Crippen LogP contribution in [0.15, 0.2) is 11.8 Å². The largest absolute Gasteiger partial charge is 0.337 e. The summed E-state index contributed by atoms with van der Waals surface area (Å²) in [5, 5.41) is 9.80. The Balaban J connectivity index is 0.000000165. The zero-order valence-corrected chi connectivity index (χ0v) is 19.1. The van der Waals surface area contributed by atoms with Crippen molar-refractivity contribution < 1.29 is 5.11 Å². The molecule has 5 nitrogen and oxygen atoms in total. The molecule has 7 heteroatoms. The predicted octanol–water partition coefficient (Wildman–Crippen LogP) is 4.28. The lowest BCUT2D eigenvalue weighted by Gasteiger charge is -2.34. The van der Waals surface area contributed by atoms with E-state index in [4.69, 9.17) is 13.1 Å². The van der Waals surface area contributed by atoms with E-state index in [1.807, 2.05) is 0 Å². The molecule has 0 radical (unpaired) electrons. The van der Waals surface area contributed by atoms with Gasteiger partial charge in [-0.15, -0.1) is 0 Å². The smallest absolute Gasteiger partial charge is 0.324 e. The van der Waals surface area contributed by atoms with Crippen LogP contribution in [-0.2, 0) is 0 Å². The van der Waals surface area contributed by atoms with Gasteiger partial charge in [-0.1, -0.05) is 6.08 Å². The first-order chi connectivity index (χ1) is 12.0. The Kier molecular flexibility index (Phi) is 7.96. The van der Waals surface area contributed by atoms with Crippen LogP contribution in [0.4, 0.5) is 0 Å². The molecule has 0 spiro atoms. The Morgan fingerprint density at radius 2 is 1.60 bits per heavy atom. The third-order valence-corrected chi connectivity index (χ3v) is 6.19. The van der Waals surface area contributed by atoms with E-state index in [2.05, 4.69) is 76.9 Å². The van der Waals surface area contributed by atoms with E-state index in [0.29, 0.717) is 37.0 Å². The van der Waals surface area contributed by atoms with Gasteiger partial charge >= 0.3 is 5.72 Å². The predicted molar refractivity (Wildman–Crippen MR) is 117 cm³/mol. The second-order valence-corrected chi connectivity index (χ2v) is 7.49. The summed E-state index contributed by atoms with van der Waals surface area (Å²) in [6, 6.07) is 2.12. The molecule has 4 heterocycles. The maximum atomic E-state index is 9.80. The first-order valence-corrected chi connectivity index (χ1v) is 15.0. The van der Waals surface area contributed by atoms with E-state index in [1.54, 1.807) is 0 Å². The van der Waals surface area contributed by atoms with Crippen LogP contribution in [0.3, 0.4) is 0 Å². The monoisotopic (exact) mass is 568 g/mol. The zero-order chi connectivity index (χ0) is 18.6. The van der Waals surface area contributed by atoms with Gasteiger partial charge < -0.3 is 5.11 Å². The fourth-order valence-electron chi connectivity index (χ4n) is 4.61. The zero-order valence-electron chi connectivity index (χ0n) is 14.8. The molecule has 1 N–H and O–H groups in total. The molecule has 4 aliphatic heterocycles. The molecule has 0 amide bonds. The average Bonchev–Trinajstić information content (AvgIpc) is 2.99. The summed E-state index contributed by atoms with van der Waals surface area (Å²) in [5.74, 6) is 0. The van der Waals surface area contributed by atoms with Gasteiger partial charge in [0.1, 0.15) is 0 Å². The van der Waals surface area contributed by atoms with Crippen molar-refractivity contribution in [2.45, 2.75) is 74.8 Å². The number of piperidine rings is 1. The van der Waals surface area contributed by atoms with Crippen LogP contribution in [0.25, 0.3) is 9.69 Å². The number of hydrogen-bond donors (Lipinski definition) is 1. The van der Waals surface area contributed by atoms with Crippen molar-refractivity contribution >= 4 is 37.2 Å². The van der Waals surface area contributed by atoms with Gasteiger partial charge in [0.25, 0.3) is 0 Å². The third kappa shape index (κ3) is 4.86. The highest BCUT2D eigenvalue weighted by atomic mass is 128. The van der Waals surface area contributed by atoms with Gasteiger partial charge in [0.15, 0.2) is 5.70 Å². The van der Waals surface area contributed by atoms with Crippen molar-refractivity contribution in [2.24, 2.45) is 0 Å². The van der Waals surface area contributed by atoms with Crippen LogP contribution in [0.2, 0.25) is 0 Å².